The van der Waals surface area contributed by atoms with Gasteiger partial charge < -0.3 is 18.8 Å². The van der Waals surface area contributed by atoms with E-state index < -0.39 is 0 Å². The van der Waals surface area contributed by atoms with E-state index in [-0.39, 0.29) is 0 Å². The van der Waals surface area contributed by atoms with Crippen molar-refractivity contribution in [3.63, 3.8) is 0 Å². The molecule has 0 fully saturated rings. The van der Waals surface area contributed by atoms with E-state index in [1.54, 1.807) is 0 Å². The molecule has 330 valence electrons. The Kier molecular flexibility index (Phi) is 10.1. The average Bonchev–Trinajstić information content (AvgIpc) is 3.99. The van der Waals surface area contributed by atoms with E-state index in [9.17, 15) is 0 Å². The molecule has 0 atom stereocenters. The minimum Gasteiger partial charge on any atom is -0.455 e. The molecule has 0 radical (unpaired) electrons. The average molecular weight is 896 g/mol. The molecule has 70 heavy (non-hydrogen) atoms. The number of furan rings is 1. The summed E-state index contributed by atoms with van der Waals surface area (Å²) in [7, 11) is 0. The van der Waals surface area contributed by atoms with Crippen molar-refractivity contribution >= 4 is 77.9 Å². The van der Waals surface area contributed by atoms with Crippen molar-refractivity contribution < 1.29 is 4.42 Å². The number of anilines is 6. The number of fused-ring (bicyclic) bond motifs is 6. The number of rotatable bonds is 10. The molecular formula is C66H45N3O. The molecule has 2 aromatic heterocycles. The van der Waals surface area contributed by atoms with Crippen molar-refractivity contribution in [3.05, 3.63) is 273 Å². The molecule has 4 nitrogen and oxygen atoms in total. The summed E-state index contributed by atoms with van der Waals surface area (Å²) < 4.78 is 8.76. The lowest BCUT2D eigenvalue weighted by Crippen LogP contribution is -2.10. The Morgan fingerprint density at radius 2 is 0.686 bits per heavy atom. The topological polar surface area (TPSA) is 24.6 Å². The second kappa shape index (κ2) is 17.4. The van der Waals surface area contributed by atoms with Gasteiger partial charge >= 0.3 is 0 Å². The summed E-state index contributed by atoms with van der Waals surface area (Å²) in [4.78, 5) is 4.67. The molecule has 0 saturated carbocycles. The zero-order chi connectivity index (χ0) is 46.4. The first-order valence-electron chi connectivity index (χ1n) is 23.8. The molecule has 4 heteroatoms. The van der Waals surface area contributed by atoms with Gasteiger partial charge in [-0.15, -0.1) is 0 Å². The highest BCUT2D eigenvalue weighted by atomic mass is 16.3. The van der Waals surface area contributed by atoms with E-state index in [2.05, 4.69) is 275 Å². The molecule has 13 aromatic rings. The van der Waals surface area contributed by atoms with Crippen LogP contribution in [0.1, 0.15) is 0 Å². The quantitative estimate of drug-likeness (QED) is 0.137. The fraction of sp³-hybridized carbons (Fsp3) is 0. The molecule has 0 aliphatic carbocycles. The van der Waals surface area contributed by atoms with Crippen LogP contribution in [-0.2, 0) is 0 Å². The normalized spacial score (nSPS) is 11.4. The second-order valence-corrected chi connectivity index (χ2v) is 17.7. The largest absolute Gasteiger partial charge is 0.455 e. The van der Waals surface area contributed by atoms with Crippen LogP contribution in [0.15, 0.2) is 277 Å². The molecule has 0 unspecified atom stereocenters. The summed E-state index contributed by atoms with van der Waals surface area (Å²) in [6.07, 6.45) is 0. The second-order valence-electron chi connectivity index (χ2n) is 17.7. The Bertz CT molecular complexity index is 3910. The standard InChI is InChI=1S/C66H45N3O/c1-4-15-51(16-5-1)67(52-17-6-2-7-18-52)54-37-31-48(32-38-54)49-35-41-56(42-36-49)68(57-43-44-64-62(45-57)59-21-10-12-25-63(59)69(64)53-19-8-3-9-20-53)55-39-33-47(34-40-55)46-27-29-50(30-28-46)58-23-14-24-61-60-22-11-13-26-65(60)70-66(58)61/h1-45H. The van der Waals surface area contributed by atoms with Crippen LogP contribution in [0.2, 0.25) is 0 Å². The Balaban J connectivity index is 0.861. The van der Waals surface area contributed by atoms with Crippen LogP contribution < -0.4 is 9.80 Å². The van der Waals surface area contributed by atoms with Gasteiger partial charge in [-0.25, -0.2) is 0 Å². The first kappa shape index (κ1) is 40.9. The zero-order valence-electron chi connectivity index (χ0n) is 38.2. The number of aromatic nitrogens is 1. The summed E-state index contributed by atoms with van der Waals surface area (Å²) in [5.41, 5.74) is 18.7. The number of hydrogen-bond donors (Lipinski definition) is 0. The number of hydrogen-bond acceptors (Lipinski definition) is 3. The molecule has 0 aliphatic rings. The maximum absolute atomic E-state index is 6.39. The highest BCUT2D eigenvalue weighted by molar-refractivity contribution is 6.11. The SMILES string of the molecule is c1ccc(N(c2ccccc2)c2ccc(-c3ccc(N(c4ccc(-c5ccc(-c6cccc7c6oc6ccccc67)cc5)cc4)c4ccc5c(c4)c4ccccc4n5-c4ccccc4)cc3)cc2)cc1. The van der Waals surface area contributed by atoms with Gasteiger partial charge in [0, 0.05) is 66.9 Å². The van der Waals surface area contributed by atoms with Gasteiger partial charge in [0.2, 0.25) is 0 Å². The van der Waals surface area contributed by atoms with Crippen LogP contribution in [0.25, 0.3) is 82.8 Å². The number of para-hydroxylation sites is 6. The third kappa shape index (κ3) is 7.27. The summed E-state index contributed by atoms with van der Waals surface area (Å²) in [5, 5.41) is 4.70. The predicted molar refractivity (Wildman–Crippen MR) is 294 cm³/mol. The van der Waals surface area contributed by atoms with Crippen molar-refractivity contribution in [2.75, 3.05) is 9.80 Å². The van der Waals surface area contributed by atoms with Crippen molar-refractivity contribution in [2.24, 2.45) is 0 Å². The van der Waals surface area contributed by atoms with Gasteiger partial charge in [-0.05, 0) is 131 Å². The monoisotopic (exact) mass is 895 g/mol. The van der Waals surface area contributed by atoms with Gasteiger partial charge in [0.05, 0.1) is 11.0 Å². The lowest BCUT2D eigenvalue weighted by molar-refractivity contribution is 0.670. The van der Waals surface area contributed by atoms with E-state index in [1.165, 1.54) is 21.8 Å². The highest BCUT2D eigenvalue weighted by Crippen LogP contribution is 2.42. The predicted octanol–water partition coefficient (Wildman–Crippen LogP) is 18.6. The lowest BCUT2D eigenvalue weighted by atomic mass is 9.98. The summed E-state index contributed by atoms with van der Waals surface area (Å²) >= 11 is 0. The van der Waals surface area contributed by atoms with E-state index in [1.807, 2.05) is 12.1 Å². The summed E-state index contributed by atoms with van der Waals surface area (Å²) in [6.45, 7) is 0. The van der Waals surface area contributed by atoms with Gasteiger partial charge in [-0.1, -0.05) is 170 Å². The van der Waals surface area contributed by atoms with Gasteiger partial charge in [0.1, 0.15) is 11.2 Å². The number of benzene rings is 11. The third-order valence-electron chi connectivity index (χ3n) is 13.6. The fourth-order valence-corrected chi connectivity index (χ4v) is 10.2. The van der Waals surface area contributed by atoms with Gasteiger partial charge in [0.25, 0.3) is 0 Å². The third-order valence-corrected chi connectivity index (χ3v) is 13.6. The van der Waals surface area contributed by atoms with Crippen molar-refractivity contribution in [1.29, 1.82) is 0 Å². The van der Waals surface area contributed by atoms with Gasteiger partial charge in [0.15, 0.2) is 0 Å². The molecule has 0 aliphatic heterocycles. The Morgan fingerprint density at radius 1 is 0.271 bits per heavy atom. The fourth-order valence-electron chi connectivity index (χ4n) is 10.2. The highest BCUT2D eigenvalue weighted by Gasteiger charge is 2.19. The molecule has 0 bridgehead atoms. The van der Waals surface area contributed by atoms with E-state index >= 15 is 0 Å². The molecule has 2 heterocycles. The van der Waals surface area contributed by atoms with E-state index in [0.29, 0.717) is 0 Å². The van der Waals surface area contributed by atoms with Crippen LogP contribution in [0, 0.1) is 0 Å². The molecule has 0 amide bonds. The van der Waals surface area contributed by atoms with Crippen molar-refractivity contribution in [3.8, 4) is 39.1 Å². The van der Waals surface area contributed by atoms with Crippen LogP contribution in [0.3, 0.4) is 0 Å². The van der Waals surface area contributed by atoms with Crippen LogP contribution in [-0.4, -0.2) is 4.57 Å². The minimum atomic E-state index is 0.908. The molecule has 0 spiro atoms. The van der Waals surface area contributed by atoms with Crippen LogP contribution in [0.4, 0.5) is 34.1 Å². The van der Waals surface area contributed by atoms with Crippen LogP contribution >= 0.6 is 0 Å². The first-order valence-corrected chi connectivity index (χ1v) is 23.8. The molecule has 0 N–H and O–H groups in total. The van der Waals surface area contributed by atoms with Crippen LogP contribution in [0.5, 0.6) is 0 Å². The lowest BCUT2D eigenvalue weighted by Gasteiger charge is -2.26. The van der Waals surface area contributed by atoms with Crippen molar-refractivity contribution in [1.82, 2.24) is 4.57 Å². The molecular weight excluding hydrogens is 851 g/mol. The minimum absolute atomic E-state index is 0.908. The van der Waals surface area contributed by atoms with Gasteiger partial charge in [-0.3, -0.25) is 0 Å². The van der Waals surface area contributed by atoms with E-state index in [0.717, 1.165) is 95.1 Å². The zero-order valence-corrected chi connectivity index (χ0v) is 38.2. The summed E-state index contributed by atoms with van der Waals surface area (Å²) in [5.74, 6) is 0. The van der Waals surface area contributed by atoms with Gasteiger partial charge in [-0.2, -0.15) is 0 Å². The van der Waals surface area contributed by atoms with Crippen molar-refractivity contribution in [2.45, 2.75) is 0 Å². The molecule has 11 aromatic carbocycles. The first-order chi connectivity index (χ1) is 34.7. The van der Waals surface area contributed by atoms with E-state index in [4.69, 9.17) is 4.42 Å². The Hall–Kier alpha value is -9.38. The maximum Gasteiger partial charge on any atom is 0.143 e. The number of nitrogens with zero attached hydrogens (tertiary/aromatic N) is 3. The Morgan fingerprint density at radius 3 is 1.27 bits per heavy atom. The molecule has 0 saturated heterocycles. The Labute approximate surface area is 406 Å². The molecule has 13 rings (SSSR count). The summed E-state index contributed by atoms with van der Waals surface area (Å²) in [6, 6.07) is 97.7. The smallest absolute Gasteiger partial charge is 0.143 e. The maximum atomic E-state index is 6.39.